The van der Waals surface area contributed by atoms with Gasteiger partial charge in [0.2, 0.25) is 11.9 Å². The van der Waals surface area contributed by atoms with Gasteiger partial charge in [0.05, 0.1) is 0 Å². The molecule has 0 bridgehead atoms. The Morgan fingerprint density at radius 3 is 1.69 bits per heavy atom. The van der Waals surface area contributed by atoms with Gasteiger partial charge in [-0.2, -0.15) is 9.97 Å². The largest absolute Gasteiger partial charge is 0.359 e. The number of benzene rings is 2. The van der Waals surface area contributed by atoms with E-state index in [4.69, 9.17) is 15.4 Å². The number of hydrogen-bond acceptors (Lipinski definition) is 11. The summed E-state index contributed by atoms with van der Waals surface area (Å²) in [4.78, 5) is 8.35. The topological polar surface area (TPSA) is 177 Å². The molecule has 0 aliphatic heterocycles. The monoisotopic (exact) mass is 895 g/mol. The molecule has 4 aliphatic rings. The van der Waals surface area contributed by atoms with E-state index >= 15 is 0 Å². The summed E-state index contributed by atoms with van der Waals surface area (Å²) in [6.07, 6.45) is 14.4. The number of anilines is 4. The average molecular weight is 897 g/mol. The van der Waals surface area contributed by atoms with E-state index in [0.717, 1.165) is 85.9 Å². The predicted molar refractivity (Wildman–Crippen MR) is 235 cm³/mol. The van der Waals surface area contributed by atoms with Crippen molar-refractivity contribution < 1.29 is 21.6 Å². The van der Waals surface area contributed by atoms with Gasteiger partial charge in [-0.3, -0.25) is 0 Å². The van der Waals surface area contributed by atoms with Crippen LogP contribution in [0.1, 0.15) is 90.5 Å². The summed E-state index contributed by atoms with van der Waals surface area (Å²) in [6, 6.07) is 5.73. The molecule has 0 saturated carbocycles. The molecule has 2 heterocycles. The highest BCUT2D eigenvalue weighted by atomic mass is 35.7. The summed E-state index contributed by atoms with van der Waals surface area (Å²) < 4.78 is 56.4. The summed E-state index contributed by atoms with van der Waals surface area (Å²) in [5.74, 6) is 0.668. The zero-order chi connectivity index (χ0) is 41.1. The Labute approximate surface area is 355 Å². The van der Waals surface area contributed by atoms with Crippen LogP contribution in [-0.4, -0.2) is 79.9 Å². The van der Waals surface area contributed by atoms with E-state index in [1.165, 1.54) is 82.5 Å². The van der Waals surface area contributed by atoms with Crippen molar-refractivity contribution in [1.82, 2.24) is 34.3 Å². The van der Waals surface area contributed by atoms with Gasteiger partial charge in [0, 0.05) is 50.8 Å². The zero-order valence-corrected chi connectivity index (χ0v) is 39.0. The van der Waals surface area contributed by atoms with E-state index in [2.05, 4.69) is 81.5 Å². The molecular formula is C39H59Cl2N9O5S2Si. The molecule has 2 aromatic heterocycles. The van der Waals surface area contributed by atoms with Crippen molar-refractivity contribution in [2.45, 2.75) is 140 Å². The van der Waals surface area contributed by atoms with Crippen molar-refractivity contribution in [3.05, 3.63) is 56.6 Å². The lowest BCUT2D eigenvalue weighted by molar-refractivity contribution is 0.0792. The van der Waals surface area contributed by atoms with Crippen LogP contribution in [0.4, 0.5) is 23.3 Å². The first kappa shape index (κ1) is 46.0. The zero-order valence-electron chi connectivity index (χ0n) is 34.8. The SMILES string of the molecule is CCC.CN(C)S(=O)(=O)c1nc(Nc2c3c(cc4c2CCC4)CCC3)n[nH]1.C[Si](C)(C)CCOCn1nc(S(=O)(=O)Cl)nc1Nc1c2c(cc3c1CCC3)CCC2.Cl. The fourth-order valence-electron chi connectivity index (χ4n) is 7.89. The van der Waals surface area contributed by atoms with Gasteiger partial charge in [0.1, 0.15) is 6.73 Å². The maximum atomic E-state index is 12.1. The fraction of sp³-hybridized carbons (Fsp3) is 0.590. The number of aromatic amines is 1. The quantitative estimate of drug-likeness (QED) is 0.0717. The van der Waals surface area contributed by atoms with Crippen LogP contribution < -0.4 is 10.6 Å². The number of nitrogens with zero attached hydrogens (tertiary/aromatic N) is 6. The molecule has 0 amide bonds. The van der Waals surface area contributed by atoms with E-state index < -0.39 is 32.3 Å². The maximum absolute atomic E-state index is 12.1. The number of nitrogens with one attached hydrogen (secondary N) is 3. The minimum Gasteiger partial charge on any atom is -0.359 e. The maximum Gasteiger partial charge on any atom is 0.298 e. The Morgan fingerprint density at radius 1 is 0.793 bits per heavy atom. The van der Waals surface area contributed by atoms with E-state index in [0.29, 0.717) is 18.5 Å². The van der Waals surface area contributed by atoms with Crippen LogP contribution in [0, 0.1) is 0 Å². The number of sulfonamides is 1. The predicted octanol–water partition coefficient (Wildman–Crippen LogP) is 7.85. The highest BCUT2D eigenvalue weighted by molar-refractivity contribution is 8.13. The molecule has 4 aliphatic carbocycles. The van der Waals surface area contributed by atoms with Crippen molar-refractivity contribution in [1.29, 1.82) is 0 Å². The van der Waals surface area contributed by atoms with Crippen LogP contribution in [0.25, 0.3) is 0 Å². The summed E-state index contributed by atoms with van der Waals surface area (Å²) in [7, 11) is -0.387. The molecule has 14 nitrogen and oxygen atoms in total. The minimum atomic E-state index is -4.03. The summed E-state index contributed by atoms with van der Waals surface area (Å²) in [6.45, 7) is 11.8. The van der Waals surface area contributed by atoms with Gasteiger partial charge in [-0.25, -0.2) is 30.9 Å². The van der Waals surface area contributed by atoms with Gasteiger partial charge in [0.15, 0.2) is 0 Å². The van der Waals surface area contributed by atoms with Gasteiger partial charge in [-0.15, -0.1) is 22.6 Å². The van der Waals surface area contributed by atoms with E-state index in [-0.39, 0.29) is 24.3 Å². The third kappa shape index (κ3) is 10.6. The van der Waals surface area contributed by atoms with Crippen LogP contribution >= 0.6 is 23.1 Å². The van der Waals surface area contributed by atoms with Crippen molar-refractivity contribution >= 4 is 73.5 Å². The van der Waals surface area contributed by atoms with Crippen molar-refractivity contribution in [3.8, 4) is 0 Å². The molecule has 320 valence electrons. The van der Waals surface area contributed by atoms with Gasteiger partial charge < -0.3 is 15.4 Å². The highest BCUT2D eigenvalue weighted by Crippen LogP contribution is 2.41. The molecule has 8 rings (SSSR count). The van der Waals surface area contributed by atoms with Crippen LogP contribution in [0.3, 0.4) is 0 Å². The second-order valence-electron chi connectivity index (χ2n) is 16.7. The minimum absolute atomic E-state index is 0. The van der Waals surface area contributed by atoms with Crippen molar-refractivity contribution in [2.24, 2.45) is 0 Å². The second kappa shape index (κ2) is 19.1. The summed E-state index contributed by atoms with van der Waals surface area (Å²) >= 11 is 0. The Balaban J connectivity index is 0.000000208. The number of ether oxygens (including phenoxy) is 1. The molecule has 19 heteroatoms. The van der Waals surface area contributed by atoms with Crippen LogP contribution in [-0.2, 0) is 81.9 Å². The summed E-state index contributed by atoms with van der Waals surface area (Å²) in [5.41, 5.74) is 13.1. The molecule has 58 heavy (non-hydrogen) atoms. The Morgan fingerprint density at radius 2 is 1.26 bits per heavy atom. The standard InChI is InChI=1S/C20H29ClN4O3SSi.C16H21N5O2S.C3H8.ClH/c1-30(2,3)11-10-28-13-25-19(23-20(24-25)29(21,26)27)22-18-16-8-4-6-14(16)12-15-7-5-9-17(15)18;1-21(2)24(22,23)16-18-15(19-20-16)17-14-12-7-3-5-10(12)9-11-6-4-8-13(11)14;1-3-2;/h12H,4-11,13H2,1-3H3,(H,22,23,24);9H,3-8H2,1-2H3,(H2,17,18,19,20);3H2,1-2H3;1H. The molecule has 3 N–H and O–H groups in total. The fourth-order valence-corrected chi connectivity index (χ4v) is 9.94. The molecule has 0 atom stereocenters. The van der Waals surface area contributed by atoms with Gasteiger partial charge in [-0.05, 0) is 128 Å². The van der Waals surface area contributed by atoms with Gasteiger partial charge >= 0.3 is 0 Å². The van der Waals surface area contributed by atoms with E-state index in [1.807, 2.05) is 0 Å². The van der Waals surface area contributed by atoms with Crippen molar-refractivity contribution in [3.63, 3.8) is 0 Å². The highest BCUT2D eigenvalue weighted by Gasteiger charge is 2.29. The lowest BCUT2D eigenvalue weighted by Crippen LogP contribution is -2.23. The lowest BCUT2D eigenvalue weighted by atomic mass is 9.99. The number of hydrogen-bond donors (Lipinski definition) is 3. The third-order valence-electron chi connectivity index (χ3n) is 10.7. The molecule has 0 radical (unpaired) electrons. The number of aryl methyl sites for hydroxylation is 4. The number of rotatable bonds is 12. The molecule has 2 aromatic carbocycles. The molecular weight excluding hydrogens is 838 g/mol. The Hall–Kier alpha value is -3.06. The molecule has 0 saturated heterocycles. The second-order valence-corrected chi connectivity index (χ2v) is 26.8. The third-order valence-corrected chi connectivity index (χ3v) is 15.0. The molecule has 0 fully saturated rings. The number of halogens is 2. The lowest BCUT2D eigenvalue weighted by Gasteiger charge is -2.18. The average Bonchev–Trinajstić information content (AvgIpc) is 3.98. The molecule has 0 spiro atoms. The first-order valence-electron chi connectivity index (χ1n) is 20.2. The van der Waals surface area contributed by atoms with Crippen LogP contribution in [0.15, 0.2) is 22.4 Å². The van der Waals surface area contributed by atoms with E-state index in [9.17, 15) is 16.8 Å². The van der Waals surface area contributed by atoms with Gasteiger partial charge in [0.25, 0.3) is 29.4 Å². The smallest absolute Gasteiger partial charge is 0.298 e. The normalized spacial score (nSPS) is 15.4. The van der Waals surface area contributed by atoms with Crippen LogP contribution in [0.2, 0.25) is 25.7 Å². The number of aromatic nitrogens is 6. The van der Waals surface area contributed by atoms with Crippen LogP contribution in [0.5, 0.6) is 0 Å². The van der Waals surface area contributed by atoms with E-state index in [1.54, 1.807) is 0 Å². The van der Waals surface area contributed by atoms with Crippen molar-refractivity contribution in [2.75, 3.05) is 31.3 Å². The summed E-state index contributed by atoms with van der Waals surface area (Å²) in [5, 5.41) is 16.9. The molecule has 4 aromatic rings. The Kier molecular flexibility index (Phi) is 15.2. The number of fused-ring (bicyclic) bond motifs is 4. The first-order valence-corrected chi connectivity index (χ1v) is 27.6. The van der Waals surface area contributed by atoms with Gasteiger partial charge in [-0.1, -0.05) is 52.0 Å². The first-order chi connectivity index (χ1) is 27.0. The Bertz CT molecular complexity index is 2250. The number of H-pyrrole nitrogens is 1. The molecule has 0 unspecified atom stereocenters.